The van der Waals surface area contributed by atoms with Crippen molar-refractivity contribution in [2.45, 2.75) is 57.7 Å². The molecule has 236 valence electrons. The molecule has 0 fully saturated rings. The molecule has 6 rings (SSSR count). The number of ketones is 2. The fourth-order valence-electron chi connectivity index (χ4n) is 6.58. The Bertz CT molecular complexity index is 2010. The van der Waals surface area contributed by atoms with Crippen LogP contribution in [0.25, 0.3) is 22.3 Å². The molecule has 0 unspecified atom stereocenters. The summed E-state index contributed by atoms with van der Waals surface area (Å²) in [6, 6.07) is 12.8. The Kier molecular flexibility index (Phi) is 7.81. The molecule has 0 saturated carbocycles. The van der Waals surface area contributed by atoms with Crippen molar-refractivity contribution in [3.05, 3.63) is 92.3 Å². The molecule has 11 heteroatoms. The van der Waals surface area contributed by atoms with Gasteiger partial charge in [-0.05, 0) is 68.9 Å². The number of aromatic hydroxyl groups is 1. The van der Waals surface area contributed by atoms with E-state index in [9.17, 15) is 29.1 Å². The summed E-state index contributed by atoms with van der Waals surface area (Å²) in [7, 11) is 3.81. The molecule has 0 spiro atoms. The average Bonchev–Trinajstić information content (AvgIpc) is 3.37. The molecule has 1 atom stereocenters. The van der Waals surface area contributed by atoms with Crippen LogP contribution in [0.5, 0.6) is 5.75 Å². The largest absolute Gasteiger partial charge is 0.508 e. The molecule has 2 aromatic heterocycles. The number of fused-ring (bicyclic) bond motifs is 5. The second-order valence-electron chi connectivity index (χ2n) is 12.1. The standard InChI is InChI=1S/C35H33N3O8/c1-4-35(46-31(42)15-22(39)13-19-5-7-20(8-6-19)34(44)45)26-16-28-32-21(17-38(28)33(43)23(26)9-12-30(35)41)14-24-25(18-37(2)3)29(40)11-10-27(24)36-32/h5-8,10-11,14,16,40H,4,9,12-13,15,17-18H2,1-3H3,(H,44,45)/t35-/m0/s1. The Hall–Kier alpha value is -5.16. The molecule has 1 aliphatic carbocycles. The maximum atomic E-state index is 13.9. The third-order valence-corrected chi connectivity index (χ3v) is 8.83. The first-order chi connectivity index (χ1) is 21.9. The highest BCUT2D eigenvalue weighted by Crippen LogP contribution is 2.42. The van der Waals surface area contributed by atoms with E-state index in [4.69, 9.17) is 14.8 Å². The fraction of sp³-hybridized carbons (Fsp3) is 0.314. The molecule has 2 aliphatic rings. The Morgan fingerprint density at radius 1 is 1.04 bits per heavy atom. The number of aromatic nitrogens is 2. The number of phenolic OH excluding ortho intramolecular Hbond substituents is 1. The Morgan fingerprint density at radius 3 is 2.46 bits per heavy atom. The van der Waals surface area contributed by atoms with Crippen LogP contribution < -0.4 is 5.56 Å². The number of carboxylic acids is 1. The van der Waals surface area contributed by atoms with E-state index in [-0.39, 0.29) is 54.9 Å². The van der Waals surface area contributed by atoms with Gasteiger partial charge in [0.15, 0.2) is 11.4 Å². The molecule has 11 nitrogen and oxygen atoms in total. The molecular weight excluding hydrogens is 590 g/mol. The minimum absolute atomic E-state index is 0.00877. The van der Waals surface area contributed by atoms with Crippen molar-refractivity contribution in [3.8, 4) is 17.1 Å². The first kappa shape index (κ1) is 30.8. The van der Waals surface area contributed by atoms with E-state index in [2.05, 4.69) is 0 Å². The Labute approximate surface area is 264 Å². The number of pyridine rings is 2. The predicted octanol–water partition coefficient (Wildman–Crippen LogP) is 3.76. The van der Waals surface area contributed by atoms with E-state index in [1.54, 1.807) is 29.7 Å². The monoisotopic (exact) mass is 623 g/mol. The lowest BCUT2D eigenvalue weighted by molar-refractivity contribution is -0.171. The van der Waals surface area contributed by atoms with Gasteiger partial charge < -0.3 is 24.4 Å². The zero-order chi connectivity index (χ0) is 32.9. The lowest BCUT2D eigenvalue weighted by Crippen LogP contribution is -2.46. The Balaban J connectivity index is 1.34. The molecule has 2 N–H and O–H groups in total. The molecule has 0 radical (unpaired) electrons. The lowest BCUT2D eigenvalue weighted by Gasteiger charge is -2.36. The van der Waals surface area contributed by atoms with Gasteiger partial charge in [-0.3, -0.25) is 19.2 Å². The third kappa shape index (κ3) is 5.26. The lowest BCUT2D eigenvalue weighted by atomic mass is 9.76. The van der Waals surface area contributed by atoms with E-state index in [0.717, 1.165) is 16.5 Å². The number of hydrogen-bond donors (Lipinski definition) is 2. The van der Waals surface area contributed by atoms with Crippen LogP contribution in [0, 0.1) is 0 Å². The minimum Gasteiger partial charge on any atom is -0.508 e. The van der Waals surface area contributed by atoms with Gasteiger partial charge in [0.1, 0.15) is 18.0 Å². The minimum atomic E-state index is -1.73. The highest BCUT2D eigenvalue weighted by Gasteiger charge is 2.48. The van der Waals surface area contributed by atoms with Crippen LogP contribution >= 0.6 is 0 Å². The highest BCUT2D eigenvalue weighted by molar-refractivity contribution is 5.99. The summed E-state index contributed by atoms with van der Waals surface area (Å²) in [5, 5.41) is 20.5. The summed E-state index contributed by atoms with van der Waals surface area (Å²) < 4.78 is 7.50. The molecular formula is C35H33N3O8. The topological polar surface area (TPSA) is 156 Å². The van der Waals surface area contributed by atoms with E-state index in [1.807, 2.05) is 25.1 Å². The van der Waals surface area contributed by atoms with Crippen molar-refractivity contribution in [1.29, 1.82) is 0 Å². The average molecular weight is 624 g/mol. The molecule has 0 bridgehead atoms. The fourth-order valence-corrected chi connectivity index (χ4v) is 6.58. The SMILES string of the molecule is CC[C@@]1(OC(=O)CC(=O)Cc2ccc(C(=O)O)cc2)C(=O)CCc2c1cc1n(c2=O)Cc2cc3c(CN(C)C)c(O)ccc3nc2-1. The number of ether oxygens (including phenoxy) is 1. The quantitative estimate of drug-likeness (QED) is 0.183. The number of phenols is 1. The second-order valence-corrected chi connectivity index (χ2v) is 12.1. The van der Waals surface area contributed by atoms with Gasteiger partial charge in [0.25, 0.3) is 5.56 Å². The van der Waals surface area contributed by atoms with Crippen LogP contribution in [0.15, 0.2) is 53.3 Å². The summed E-state index contributed by atoms with van der Waals surface area (Å²) in [6.45, 7) is 2.47. The molecule has 0 saturated heterocycles. The van der Waals surface area contributed by atoms with Gasteiger partial charge in [-0.15, -0.1) is 0 Å². The van der Waals surface area contributed by atoms with E-state index in [0.29, 0.717) is 40.1 Å². The summed E-state index contributed by atoms with van der Waals surface area (Å²) in [6.07, 6.45) is -0.422. The van der Waals surface area contributed by atoms with Gasteiger partial charge in [-0.1, -0.05) is 19.1 Å². The number of hydrogen-bond acceptors (Lipinski definition) is 9. The number of benzene rings is 2. The van der Waals surface area contributed by atoms with E-state index in [1.165, 1.54) is 24.3 Å². The van der Waals surface area contributed by atoms with Crippen LogP contribution in [-0.4, -0.2) is 62.3 Å². The number of carbonyl (C=O) groups excluding carboxylic acids is 3. The zero-order valence-corrected chi connectivity index (χ0v) is 25.8. The number of aromatic carboxylic acids is 1. The highest BCUT2D eigenvalue weighted by atomic mass is 16.6. The normalized spacial score (nSPS) is 16.7. The summed E-state index contributed by atoms with van der Waals surface area (Å²) >= 11 is 0. The summed E-state index contributed by atoms with van der Waals surface area (Å²) in [4.78, 5) is 71.4. The molecule has 4 aromatic rings. The number of carboxylic acid groups (broad SMARTS) is 1. The van der Waals surface area contributed by atoms with Crippen molar-refractivity contribution in [3.63, 3.8) is 0 Å². The van der Waals surface area contributed by atoms with Gasteiger partial charge >= 0.3 is 11.9 Å². The van der Waals surface area contributed by atoms with Crippen LogP contribution in [-0.2, 0) is 50.7 Å². The Morgan fingerprint density at radius 2 is 1.78 bits per heavy atom. The van der Waals surface area contributed by atoms with Crippen molar-refractivity contribution in [2.24, 2.45) is 0 Å². The third-order valence-electron chi connectivity index (χ3n) is 8.83. The number of Topliss-reactive ketones (excluding diaryl/α,β-unsaturated/α-hetero) is 2. The molecule has 0 amide bonds. The number of rotatable bonds is 9. The van der Waals surface area contributed by atoms with Crippen molar-refractivity contribution < 1.29 is 34.1 Å². The maximum absolute atomic E-state index is 13.9. The van der Waals surface area contributed by atoms with Crippen LogP contribution in [0.2, 0.25) is 0 Å². The van der Waals surface area contributed by atoms with Crippen LogP contribution in [0.1, 0.15) is 64.4 Å². The number of carbonyl (C=O) groups is 4. The maximum Gasteiger partial charge on any atom is 0.335 e. The van der Waals surface area contributed by atoms with Gasteiger partial charge in [-0.2, -0.15) is 0 Å². The summed E-state index contributed by atoms with van der Waals surface area (Å²) in [5.74, 6) is -2.61. The molecule has 3 heterocycles. The first-order valence-corrected chi connectivity index (χ1v) is 15.1. The number of esters is 1. The second kappa shape index (κ2) is 11.6. The van der Waals surface area contributed by atoms with Gasteiger partial charge in [0.05, 0.1) is 29.0 Å². The van der Waals surface area contributed by atoms with Crippen LogP contribution in [0.3, 0.4) is 0 Å². The zero-order valence-electron chi connectivity index (χ0n) is 25.8. The van der Waals surface area contributed by atoms with E-state index >= 15 is 0 Å². The smallest absolute Gasteiger partial charge is 0.335 e. The van der Waals surface area contributed by atoms with E-state index < -0.39 is 29.7 Å². The predicted molar refractivity (Wildman–Crippen MR) is 168 cm³/mol. The molecule has 46 heavy (non-hydrogen) atoms. The van der Waals surface area contributed by atoms with Crippen molar-refractivity contribution in [1.82, 2.24) is 14.5 Å². The van der Waals surface area contributed by atoms with Gasteiger partial charge in [0.2, 0.25) is 0 Å². The van der Waals surface area contributed by atoms with Crippen molar-refractivity contribution in [2.75, 3.05) is 14.1 Å². The first-order valence-electron chi connectivity index (χ1n) is 15.1. The van der Waals surface area contributed by atoms with Gasteiger partial charge in [-0.25, -0.2) is 9.78 Å². The number of nitrogens with zero attached hydrogens (tertiary/aromatic N) is 3. The molecule has 1 aliphatic heterocycles. The van der Waals surface area contributed by atoms with Gasteiger partial charge in [0, 0.05) is 47.0 Å². The van der Waals surface area contributed by atoms with Crippen molar-refractivity contribution >= 4 is 34.4 Å². The molecule has 2 aromatic carbocycles. The summed E-state index contributed by atoms with van der Waals surface area (Å²) in [5.41, 5.74) is 2.58. The van der Waals surface area contributed by atoms with Crippen LogP contribution in [0.4, 0.5) is 0 Å².